The average Bonchev–Trinajstić information content (AvgIpc) is 1.94. The smallest absolute Gasteiger partial charge is 0.126 e. The van der Waals surface area contributed by atoms with Gasteiger partial charge in [-0.05, 0) is 55.8 Å². The van der Waals surface area contributed by atoms with Gasteiger partial charge in [0, 0.05) is 10.0 Å². The monoisotopic (exact) mass is 242 g/mol. The van der Waals surface area contributed by atoms with Gasteiger partial charge in [-0.2, -0.15) is 0 Å². The van der Waals surface area contributed by atoms with Crippen LogP contribution in [0.4, 0.5) is 5.82 Å². The molecule has 1 aromatic heterocycles. The molecule has 1 N–H and O–H groups in total. The first kappa shape index (κ1) is 10.5. The largest absolute Gasteiger partial charge is 0.365 e. The van der Waals surface area contributed by atoms with Gasteiger partial charge in [0.05, 0.1) is 5.69 Å². The molecule has 0 fully saturated rings. The summed E-state index contributed by atoms with van der Waals surface area (Å²) in [5.41, 5.74) is 1.07. The Bertz CT molecular complexity index is 302. The van der Waals surface area contributed by atoms with E-state index in [2.05, 4.69) is 47.0 Å². The van der Waals surface area contributed by atoms with E-state index >= 15 is 0 Å². The summed E-state index contributed by atoms with van der Waals surface area (Å²) in [5.74, 6) is 0.924. The molecule has 0 unspecified atom stereocenters. The van der Waals surface area contributed by atoms with Crippen molar-refractivity contribution in [2.75, 3.05) is 5.32 Å². The summed E-state index contributed by atoms with van der Waals surface area (Å²) in [7, 11) is 0. The van der Waals surface area contributed by atoms with Gasteiger partial charge < -0.3 is 5.32 Å². The maximum absolute atomic E-state index is 4.40. The quantitative estimate of drug-likeness (QED) is 0.817. The highest BCUT2D eigenvalue weighted by atomic mass is 79.9. The Labute approximate surface area is 87.9 Å². The molecular formula is C10H15BrN2. The van der Waals surface area contributed by atoms with Crippen molar-refractivity contribution in [3.63, 3.8) is 0 Å². The Morgan fingerprint density at radius 3 is 2.38 bits per heavy atom. The minimum absolute atomic E-state index is 0.0628. The molecule has 0 bridgehead atoms. The minimum Gasteiger partial charge on any atom is -0.365 e. The van der Waals surface area contributed by atoms with E-state index in [1.54, 1.807) is 0 Å². The van der Waals surface area contributed by atoms with Crippen LogP contribution < -0.4 is 5.32 Å². The molecule has 13 heavy (non-hydrogen) atoms. The van der Waals surface area contributed by atoms with Crippen LogP contribution >= 0.6 is 15.9 Å². The van der Waals surface area contributed by atoms with E-state index in [0.29, 0.717) is 0 Å². The van der Waals surface area contributed by atoms with Gasteiger partial charge in [0.15, 0.2) is 0 Å². The lowest BCUT2D eigenvalue weighted by molar-refractivity contribution is 0.630. The van der Waals surface area contributed by atoms with E-state index in [4.69, 9.17) is 0 Å². The van der Waals surface area contributed by atoms with Gasteiger partial charge in [-0.15, -0.1) is 0 Å². The Morgan fingerprint density at radius 1 is 1.31 bits per heavy atom. The van der Waals surface area contributed by atoms with Gasteiger partial charge in [-0.25, -0.2) is 4.98 Å². The van der Waals surface area contributed by atoms with E-state index in [9.17, 15) is 0 Å². The van der Waals surface area contributed by atoms with Crippen molar-refractivity contribution in [1.29, 1.82) is 0 Å². The van der Waals surface area contributed by atoms with Crippen LogP contribution in [0.25, 0.3) is 0 Å². The second-order valence-corrected chi connectivity index (χ2v) is 4.99. The summed E-state index contributed by atoms with van der Waals surface area (Å²) in [5, 5.41) is 3.32. The maximum atomic E-state index is 4.40. The van der Waals surface area contributed by atoms with Crippen molar-refractivity contribution in [3.05, 3.63) is 22.3 Å². The zero-order chi connectivity index (χ0) is 10.1. The first-order valence-electron chi connectivity index (χ1n) is 4.30. The molecule has 0 amide bonds. The number of anilines is 1. The number of rotatable bonds is 1. The molecule has 3 heteroatoms. The second kappa shape index (κ2) is 3.66. The summed E-state index contributed by atoms with van der Waals surface area (Å²) < 4.78 is 1.05. The van der Waals surface area contributed by atoms with Gasteiger partial charge in [0.2, 0.25) is 0 Å². The predicted octanol–water partition coefficient (Wildman–Crippen LogP) is 3.36. The van der Waals surface area contributed by atoms with Crippen LogP contribution in [0, 0.1) is 6.92 Å². The van der Waals surface area contributed by atoms with Crippen LogP contribution in [0.15, 0.2) is 16.6 Å². The van der Waals surface area contributed by atoms with Crippen LogP contribution in [-0.4, -0.2) is 10.5 Å². The normalized spacial score (nSPS) is 11.5. The fraction of sp³-hybridized carbons (Fsp3) is 0.500. The number of hydrogen-bond acceptors (Lipinski definition) is 2. The van der Waals surface area contributed by atoms with E-state index < -0.39 is 0 Å². The van der Waals surface area contributed by atoms with E-state index in [0.717, 1.165) is 16.0 Å². The SMILES string of the molecule is Cc1nc(NC(C)(C)C)ccc1Br. The molecule has 0 aromatic carbocycles. The molecule has 0 radical (unpaired) electrons. The van der Waals surface area contributed by atoms with Crippen molar-refractivity contribution in [2.45, 2.75) is 33.2 Å². The highest BCUT2D eigenvalue weighted by Gasteiger charge is 2.10. The van der Waals surface area contributed by atoms with Gasteiger partial charge >= 0.3 is 0 Å². The lowest BCUT2D eigenvalue weighted by Gasteiger charge is -2.21. The third-order valence-electron chi connectivity index (χ3n) is 1.52. The summed E-state index contributed by atoms with van der Waals surface area (Å²) in [6, 6.07) is 3.98. The van der Waals surface area contributed by atoms with Gasteiger partial charge in [-0.1, -0.05) is 0 Å². The van der Waals surface area contributed by atoms with Gasteiger partial charge in [0.1, 0.15) is 5.82 Å². The lowest BCUT2D eigenvalue weighted by Crippen LogP contribution is -2.26. The molecule has 0 saturated carbocycles. The first-order chi connectivity index (χ1) is 5.88. The summed E-state index contributed by atoms with van der Waals surface area (Å²) >= 11 is 3.42. The highest BCUT2D eigenvalue weighted by Crippen LogP contribution is 2.18. The van der Waals surface area contributed by atoms with E-state index in [1.807, 2.05) is 19.1 Å². The van der Waals surface area contributed by atoms with Crippen molar-refractivity contribution in [1.82, 2.24) is 4.98 Å². The molecule has 2 nitrogen and oxygen atoms in total. The second-order valence-electron chi connectivity index (χ2n) is 4.14. The zero-order valence-corrected chi connectivity index (χ0v) is 10.1. The number of hydrogen-bond donors (Lipinski definition) is 1. The van der Waals surface area contributed by atoms with E-state index in [1.165, 1.54) is 0 Å². The lowest BCUT2D eigenvalue weighted by atomic mass is 10.1. The summed E-state index contributed by atoms with van der Waals surface area (Å²) in [4.78, 5) is 4.40. The predicted molar refractivity (Wildman–Crippen MR) is 60.0 cm³/mol. The van der Waals surface area contributed by atoms with Crippen molar-refractivity contribution in [2.24, 2.45) is 0 Å². The van der Waals surface area contributed by atoms with Crippen molar-refractivity contribution < 1.29 is 0 Å². The average molecular weight is 243 g/mol. The van der Waals surface area contributed by atoms with Gasteiger partial charge in [0.25, 0.3) is 0 Å². The molecule has 0 aliphatic carbocycles. The Hall–Kier alpha value is -0.570. The minimum atomic E-state index is 0.0628. The molecule has 72 valence electrons. The van der Waals surface area contributed by atoms with Crippen LogP contribution in [0.5, 0.6) is 0 Å². The summed E-state index contributed by atoms with van der Waals surface area (Å²) in [6.45, 7) is 8.34. The topological polar surface area (TPSA) is 24.9 Å². The molecule has 0 aliphatic heterocycles. The van der Waals surface area contributed by atoms with Gasteiger partial charge in [-0.3, -0.25) is 0 Å². The first-order valence-corrected chi connectivity index (χ1v) is 5.09. The highest BCUT2D eigenvalue weighted by molar-refractivity contribution is 9.10. The van der Waals surface area contributed by atoms with Crippen molar-refractivity contribution in [3.8, 4) is 0 Å². The number of nitrogens with zero attached hydrogens (tertiary/aromatic N) is 1. The number of nitrogens with one attached hydrogen (secondary N) is 1. The molecule has 1 heterocycles. The fourth-order valence-electron chi connectivity index (χ4n) is 0.998. The van der Waals surface area contributed by atoms with E-state index in [-0.39, 0.29) is 5.54 Å². The van der Waals surface area contributed by atoms with Crippen LogP contribution in [0.3, 0.4) is 0 Å². The van der Waals surface area contributed by atoms with Crippen LogP contribution in [0.2, 0.25) is 0 Å². The Kier molecular flexibility index (Phi) is 2.96. The standard InChI is InChI=1S/C10H15BrN2/c1-7-8(11)5-6-9(12-7)13-10(2,3)4/h5-6H,1-4H3,(H,12,13). The number of halogens is 1. The third kappa shape index (κ3) is 3.35. The molecule has 0 atom stereocenters. The maximum Gasteiger partial charge on any atom is 0.126 e. The third-order valence-corrected chi connectivity index (χ3v) is 2.36. The molecule has 0 aliphatic rings. The Balaban J connectivity index is 2.86. The zero-order valence-electron chi connectivity index (χ0n) is 8.48. The summed E-state index contributed by atoms with van der Waals surface area (Å²) in [6.07, 6.45) is 0. The molecule has 0 spiro atoms. The van der Waals surface area contributed by atoms with Crippen molar-refractivity contribution >= 4 is 21.7 Å². The van der Waals surface area contributed by atoms with Crippen LogP contribution in [-0.2, 0) is 0 Å². The van der Waals surface area contributed by atoms with Crippen LogP contribution in [0.1, 0.15) is 26.5 Å². The number of pyridine rings is 1. The fourth-order valence-corrected chi connectivity index (χ4v) is 1.22. The Morgan fingerprint density at radius 2 is 1.92 bits per heavy atom. The molecular weight excluding hydrogens is 228 g/mol. The number of aryl methyl sites for hydroxylation is 1. The molecule has 0 saturated heterocycles. The molecule has 1 rings (SSSR count). The number of aromatic nitrogens is 1. The molecule has 1 aromatic rings.